The van der Waals surface area contributed by atoms with E-state index in [4.69, 9.17) is 4.74 Å². The number of piperidine rings is 1. The van der Waals surface area contributed by atoms with Crippen molar-refractivity contribution in [2.24, 2.45) is 17.8 Å². The van der Waals surface area contributed by atoms with Crippen molar-refractivity contribution in [2.45, 2.75) is 109 Å². The lowest BCUT2D eigenvalue weighted by Gasteiger charge is -2.54. The summed E-state index contributed by atoms with van der Waals surface area (Å²) in [5.74, 6) is -0.387. The summed E-state index contributed by atoms with van der Waals surface area (Å²) in [5, 5.41) is 24.1. The molecule has 1 aliphatic carbocycles. The van der Waals surface area contributed by atoms with Gasteiger partial charge in [-0.1, -0.05) is 26.7 Å². The van der Waals surface area contributed by atoms with E-state index < -0.39 is 28.9 Å². The molecule has 0 aromatic carbocycles. The number of rotatable bonds is 8. The van der Waals surface area contributed by atoms with Crippen LogP contribution in [0.3, 0.4) is 0 Å². The number of nitrogens with one attached hydrogen (secondary N) is 1. The minimum atomic E-state index is -1.40. The summed E-state index contributed by atoms with van der Waals surface area (Å²) in [6, 6.07) is 0. The SMILES string of the molecule is CCC(CC)C[C@@]1(C(=O)O)C[C@H]2CC(F)(CCc3nnn[nH]3)CC[C@H]2CN1C(=O)OC(C)(C)C. The number of fused-ring (bicyclic) bond motifs is 1. The molecule has 192 valence electrons. The highest BCUT2D eigenvalue weighted by Crippen LogP contribution is 2.50. The lowest BCUT2D eigenvalue weighted by molar-refractivity contribution is -0.162. The molecule has 1 unspecified atom stereocenters. The molecule has 2 aliphatic rings. The van der Waals surface area contributed by atoms with E-state index in [0.29, 0.717) is 37.9 Å². The molecule has 1 saturated carbocycles. The van der Waals surface area contributed by atoms with E-state index in [0.717, 1.165) is 12.8 Å². The lowest BCUT2D eigenvalue weighted by Crippen LogP contribution is -2.65. The van der Waals surface area contributed by atoms with E-state index in [1.807, 2.05) is 13.8 Å². The number of halogens is 1. The van der Waals surface area contributed by atoms with Gasteiger partial charge in [0.1, 0.15) is 22.6 Å². The number of carboxylic acids is 1. The molecular weight excluding hydrogens is 441 g/mol. The Bertz CT molecular complexity index is 841. The minimum Gasteiger partial charge on any atom is -0.479 e. The van der Waals surface area contributed by atoms with Crippen LogP contribution in [0.15, 0.2) is 0 Å². The number of H-pyrrole nitrogens is 1. The number of amides is 1. The van der Waals surface area contributed by atoms with Crippen molar-refractivity contribution in [1.29, 1.82) is 0 Å². The van der Waals surface area contributed by atoms with Gasteiger partial charge in [-0.3, -0.25) is 4.90 Å². The molecule has 1 amide bonds. The monoisotopic (exact) mass is 481 g/mol. The highest BCUT2D eigenvalue weighted by molar-refractivity contribution is 5.85. The zero-order valence-electron chi connectivity index (χ0n) is 21.1. The van der Waals surface area contributed by atoms with Gasteiger partial charge in [0.2, 0.25) is 0 Å². The molecule has 0 radical (unpaired) electrons. The van der Waals surface area contributed by atoms with E-state index in [2.05, 4.69) is 20.6 Å². The maximum absolute atomic E-state index is 15.9. The number of alkyl halides is 1. The summed E-state index contributed by atoms with van der Waals surface area (Å²) >= 11 is 0. The van der Waals surface area contributed by atoms with E-state index in [1.165, 1.54) is 4.90 Å². The van der Waals surface area contributed by atoms with Crippen LogP contribution >= 0.6 is 0 Å². The van der Waals surface area contributed by atoms with Gasteiger partial charge in [-0.25, -0.2) is 19.1 Å². The van der Waals surface area contributed by atoms with Gasteiger partial charge in [0.05, 0.1) is 0 Å². The third-order valence-electron chi connectivity index (χ3n) is 7.78. The summed E-state index contributed by atoms with van der Waals surface area (Å²) in [7, 11) is 0. The van der Waals surface area contributed by atoms with Gasteiger partial charge in [0.15, 0.2) is 0 Å². The molecule has 2 heterocycles. The fourth-order valence-corrected chi connectivity index (χ4v) is 5.81. The maximum Gasteiger partial charge on any atom is 0.411 e. The average Bonchev–Trinajstić information content (AvgIpc) is 3.28. The fraction of sp³-hybridized carbons (Fsp3) is 0.875. The second-order valence-electron chi connectivity index (χ2n) is 11.3. The van der Waals surface area contributed by atoms with Gasteiger partial charge in [0.25, 0.3) is 0 Å². The molecule has 1 aromatic rings. The summed E-state index contributed by atoms with van der Waals surface area (Å²) in [4.78, 5) is 27.6. The molecular formula is C24H40FN5O4. The number of hydrogen-bond acceptors (Lipinski definition) is 6. The molecule has 0 bridgehead atoms. The van der Waals surface area contributed by atoms with Crippen LogP contribution < -0.4 is 0 Å². The van der Waals surface area contributed by atoms with Gasteiger partial charge >= 0.3 is 12.1 Å². The van der Waals surface area contributed by atoms with Crippen molar-refractivity contribution in [3.05, 3.63) is 5.82 Å². The van der Waals surface area contributed by atoms with E-state index in [-0.39, 0.29) is 37.1 Å². The predicted molar refractivity (Wildman–Crippen MR) is 124 cm³/mol. The number of likely N-dealkylation sites (tertiary alicyclic amines) is 1. The van der Waals surface area contributed by atoms with Crippen LogP contribution in [0.25, 0.3) is 0 Å². The smallest absolute Gasteiger partial charge is 0.411 e. The highest BCUT2D eigenvalue weighted by Gasteiger charge is 2.57. The molecule has 34 heavy (non-hydrogen) atoms. The van der Waals surface area contributed by atoms with Crippen LogP contribution in [-0.2, 0) is 16.0 Å². The number of carboxylic acid groups (broad SMARTS) is 1. The number of aromatic amines is 1. The Kier molecular flexibility index (Phi) is 7.87. The number of carbonyl (C=O) groups excluding carboxylic acids is 1. The minimum absolute atomic E-state index is 0.0533. The van der Waals surface area contributed by atoms with E-state index in [9.17, 15) is 14.7 Å². The summed E-state index contributed by atoms with van der Waals surface area (Å²) in [6.07, 6.45) is 3.62. The van der Waals surface area contributed by atoms with Gasteiger partial charge in [-0.2, -0.15) is 0 Å². The number of tetrazole rings is 1. The fourth-order valence-electron chi connectivity index (χ4n) is 5.81. The zero-order valence-corrected chi connectivity index (χ0v) is 21.1. The number of nitrogens with zero attached hydrogens (tertiary/aromatic N) is 4. The molecule has 1 saturated heterocycles. The molecule has 3 rings (SSSR count). The van der Waals surface area contributed by atoms with Crippen molar-refractivity contribution in [2.75, 3.05) is 6.54 Å². The predicted octanol–water partition coefficient (Wildman–Crippen LogP) is 4.55. The van der Waals surface area contributed by atoms with Gasteiger partial charge < -0.3 is 9.84 Å². The number of aromatic nitrogens is 4. The first-order valence-corrected chi connectivity index (χ1v) is 12.6. The Hall–Kier alpha value is -2.26. The first kappa shape index (κ1) is 26.3. The van der Waals surface area contributed by atoms with Gasteiger partial charge in [-0.15, -0.1) is 5.10 Å². The largest absolute Gasteiger partial charge is 0.479 e. The number of hydrogen-bond donors (Lipinski definition) is 2. The van der Waals surface area contributed by atoms with Crippen LogP contribution in [0.2, 0.25) is 0 Å². The molecule has 4 atom stereocenters. The number of aliphatic carboxylic acids is 1. The van der Waals surface area contributed by atoms with Gasteiger partial charge in [0, 0.05) is 13.0 Å². The first-order valence-electron chi connectivity index (χ1n) is 12.6. The highest BCUT2D eigenvalue weighted by atomic mass is 19.1. The number of aryl methyl sites for hydroxylation is 1. The first-order chi connectivity index (χ1) is 15.9. The van der Waals surface area contributed by atoms with Crippen molar-refractivity contribution in [3.8, 4) is 0 Å². The Morgan fingerprint density at radius 2 is 1.97 bits per heavy atom. The Morgan fingerprint density at radius 3 is 2.53 bits per heavy atom. The average molecular weight is 482 g/mol. The Balaban J connectivity index is 1.87. The third kappa shape index (κ3) is 5.86. The standard InChI is InChI=1S/C24H40FN5O4/c1-6-16(7-2)12-24(20(31)32)14-18-13-23(25,11-9-19-26-28-29-27-19)10-8-17(18)15-30(24)21(33)34-22(3,4)5/h16-18H,6-15H2,1-5H3,(H,31,32)(H,26,27,28,29)/t17-,18+,23?,24-/m0/s1. The maximum atomic E-state index is 15.9. The van der Waals surface area contributed by atoms with Crippen LogP contribution in [0.1, 0.15) is 91.8 Å². The van der Waals surface area contributed by atoms with Crippen LogP contribution in [-0.4, -0.2) is 66.0 Å². The molecule has 10 heteroatoms. The van der Waals surface area contributed by atoms with Crippen molar-refractivity contribution >= 4 is 12.1 Å². The van der Waals surface area contributed by atoms with E-state index >= 15 is 4.39 Å². The Labute approximate surface area is 201 Å². The number of ether oxygens (including phenoxy) is 1. The normalized spacial score (nSPS) is 29.7. The third-order valence-corrected chi connectivity index (χ3v) is 7.78. The van der Waals surface area contributed by atoms with Crippen LogP contribution in [0.5, 0.6) is 0 Å². The molecule has 1 aliphatic heterocycles. The van der Waals surface area contributed by atoms with Crippen LogP contribution in [0, 0.1) is 17.8 Å². The summed E-state index contributed by atoms with van der Waals surface area (Å²) in [6.45, 7) is 9.71. The van der Waals surface area contributed by atoms with Crippen molar-refractivity contribution in [1.82, 2.24) is 25.5 Å². The van der Waals surface area contributed by atoms with Gasteiger partial charge in [-0.05, 0) is 87.5 Å². The molecule has 0 spiro atoms. The molecule has 2 N–H and O–H groups in total. The number of carbonyl (C=O) groups is 2. The summed E-state index contributed by atoms with van der Waals surface area (Å²) in [5.41, 5.74) is -3.53. The topological polar surface area (TPSA) is 121 Å². The van der Waals surface area contributed by atoms with Crippen molar-refractivity contribution in [3.63, 3.8) is 0 Å². The second-order valence-corrected chi connectivity index (χ2v) is 11.3. The zero-order chi connectivity index (χ0) is 25.1. The second kappa shape index (κ2) is 10.2. The molecule has 9 nitrogen and oxygen atoms in total. The quantitative estimate of drug-likeness (QED) is 0.559. The molecule has 1 aromatic heterocycles. The lowest BCUT2D eigenvalue weighted by atomic mass is 9.62. The summed E-state index contributed by atoms with van der Waals surface area (Å²) < 4.78 is 21.6. The van der Waals surface area contributed by atoms with Crippen LogP contribution in [0.4, 0.5) is 9.18 Å². The Morgan fingerprint density at radius 1 is 1.26 bits per heavy atom. The van der Waals surface area contributed by atoms with E-state index in [1.54, 1.807) is 20.8 Å². The molecule has 2 fully saturated rings. The van der Waals surface area contributed by atoms with Crippen molar-refractivity contribution < 1.29 is 23.8 Å².